The molecule has 2 amide bonds. The second kappa shape index (κ2) is 5.60. The molecule has 1 aliphatic carbocycles. The Labute approximate surface area is 113 Å². The number of amides is 2. The van der Waals surface area contributed by atoms with Crippen molar-refractivity contribution in [1.29, 1.82) is 5.26 Å². The molecule has 0 aromatic rings. The Morgan fingerprint density at radius 1 is 1.21 bits per heavy atom. The molecule has 104 valence electrons. The maximum absolute atomic E-state index is 12.2. The second-order valence-electron chi connectivity index (χ2n) is 5.63. The average Bonchev–Trinajstić information content (AvgIpc) is 3.09. The maximum atomic E-state index is 12.2. The quantitative estimate of drug-likeness (QED) is 0.831. The van der Waals surface area contributed by atoms with Crippen molar-refractivity contribution < 1.29 is 9.59 Å². The molecule has 0 spiro atoms. The monoisotopic (exact) mass is 263 g/mol. The lowest BCUT2D eigenvalue weighted by Crippen LogP contribution is -2.50. The number of nitriles is 1. The first-order valence-electron chi connectivity index (χ1n) is 7.10. The Balaban J connectivity index is 1.94. The minimum absolute atomic E-state index is 0.0306. The van der Waals surface area contributed by atoms with Crippen LogP contribution in [0.15, 0.2) is 0 Å². The van der Waals surface area contributed by atoms with Gasteiger partial charge in [0.05, 0.1) is 6.07 Å². The molecule has 1 saturated carbocycles. The molecule has 1 N–H and O–H groups in total. The zero-order valence-electron chi connectivity index (χ0n) is 11.4. The van der Waals surface area contributed by atoms with E-state index < -0.39 is 11.5 Å². The summed E-state index contributed by atoms with van der Waals surface area (Å²) < 4.78 is 0. The van der Waals surface area contributed by atoms with E-state index in [1.807, 2.05) is 0 Å². The maximum Gasteiger partial charge on any atom is 0.244 e. The van der Waals surface area contributed by atoms with Gasteiger partial charge in [-0.25, -0.2) is 0 Å². The molecule has 5 nitrogen and oxygen atoms in total. The van der Waals surface area contributed by atoms with Gasteiger partial charge in [-0.15, -0.1) is 0 Å². The van der Waals surface area contributed by atoms with Crippen LogP contribution in [-0.4, -0.2) is 35.8 Å². The minimum Gasteiger partial charge on any atom is -0.343 e. The van der Waals surface area contributed by atoms with Crippen molar-refractivity contribution >= 4 is 11.8 Å². The third kappa shape index (κ3) is 2.73. The Hall–Kier alpha value is -1.57. The molecule has 2 aliphatic rings. The highest BCUT2D eigenvalue weighted by Gasteiger charge is 2.42. The third-order valence-corrected chi connectivity index (χ3v) is 4.24. The van der Waals surface area contributed by atoms with Gasteiger partial charge in [-0.1, -0.05) is 12.8 Å². The molecule has 0 aromatic heterocycles. The fourth-order valence-corrected chi connectivity index (χ4v) is 2.98. The topological polar surface area (TPSA) is 73.2 Å². The predicted molar refractivity (Wildman–Crippen MR) is 69.9 cm³/mol. The van der Waals surface area contributed by atoms with Crippen molar-refractivity contribution in [2.75, 3.05) is 13.1 Å². The summed E-state index contributed by atoms with van der Waals surface area (Å²) in [7, 11) is 0. The van der Waals surface area contributed by atoms with Crippen LogP contribution in [-0.2, 0) is 9.59 Å². The molecule has 19 heavy (non-hydrogen) atoms. The Kier molecular flexibility index (Phi) is 4.08. The number of likely N-dealkylation sites (tertiary alicyclic amines) is 1. The number of carbonyl (C=O) groups excluding carboxylic acids is 2. The fraction of sp³-hybridized carbons (Fsp3) is 0.786. The van der Waals surface area contributed by atoms with Crippen LogP contribution >= 0.6 is 0 Å². The van der Waals surface area contributed by atoms with Crippen LogP contribution in [0.4, 0.5) is 0 Å². The largest absolute Gasteiger partial charge is 0.343 e. The van der Waals surface area contributed by atoms with Crippen LogP contribution in [0, 0.1) is 16.7 Å². The zero-order valence-corrected chi connectivity index (χ0v) is 11.4. The van der Waals surface area contributed by atoms with E-state index in [9.17, 15) is 14.9 Å². The standard InChI is InChI=1S/C14H21N3O2/c1-11(12(18)17-8-4-5-9-17)16-13(19)14(10-15)6-2-3-7-14/h11H,2-9H2,1H3,(H,16,19). The van der Waals surface area contributed by atoms with E-state index in [4.69, 9.17) is 0 Å². The second-order valence-corrected chi connectivity index (χ2v) is 5.63. The summed E-state index contributed by atoms with van der Waals surface area (Å²) in [5, 5.41) is 12.0. The number of hydrogen-bond donors (Lipinski definition) is 1. The third-order valence-electron chi connectivity index (χ3n) is 4.24. The van der Waals surface area contributed by atoms with Crippen molar-refractivity contribution in [3.8, 4) is 6.07 Å². The molecular formula is C14H21N3O2. The summed E-state index contributed by atoms with van der Waals surface area (Å²) >= 11 is 0. The lowest BCUT2D eigenvalue weighted by Gasteiger charge is -2.25. The summed E-state index contributed by atoms with van der Waals surface area (Å²) in [5.41, 5.74) is -0.903. The summed E-state index contributed by atoms with van der Waals surface area (Å²) in [6.45, 7) is 3.27. The van der Waals surface area contributed by atoms with Gasteiger partial charge in [-0.3, -0.25) is 9.59 Å². The van der Waals surface area contributed by atoms with Crippen molar-refractivity contribution in [2.24, 2.45) is 5.41 Å². The fourth-order valence-electron chi connectivity index (χ4n) is 2.98. The molecule has 2 fully saturated rings. The van der Waals surface area contributed by atoms with E-state index in [1.54, 1.807) is 11.8 Å². The number of nitrogens with one attached hydrogen (secondary N) is 1. The van der Waals surface area contributed by atoms with Gasteiger partial charge in [0.2, 0.25) is 11.8 Å². The highest BCUT2D eigenvalue weighted by Crippen LogP contribution is 2.37. The zero-order chi connectivity index (χ0) is 13.9. The van der Waals surface area contributed by atoms with Crippen LogP contribution in [0.5, 0.6) is 0 Å². The lowest BCUT2D eigenvalue weighted by atomic mass is 9.87. The molecule has 1 heterocycles. The first-order valence-corrected chi connectivity index (χ1v) is 7.10. The van der Waals surface area contributed by atoms with Crippen LogP contribution in [0.2, 0.25) is 0 Å². The van der Waals surface area contributed by atoms with Crippen molar-refractivity contribution in [3.05, 3.63) is 0 Å². The molecule has 0 aromatic carbocycles. The number of carbonyl (C=O) groups is 2. The minimum atomic E-state index is -0.903. The van der Waals surface area contributed by atoms with Gasteiger partial charge in [0.15, 0.2) is 0 Å². The summed E-state index contributed by atoms with van der Waals surface area (Å²) in [4.78, 5) is 26.1. The summed E-state index contributed by atoms with van der Waals surface area (Å²) in [5.74, 6) is -0.301. The molecule has 1 unspecified atom stereocenters. The van der Waals surface area contributed by atoms with Gasteiger partial charge in [-0.2, -0.15) is 5.26 Å². The molecule has 1 atom stereocenters. The van der Waals surface area contributed by atoms with E-state index >= 15 is 0 Å². The van der Waals surface area contributed by atoms with E-state index in [0.717, 1.165) is 38.8 Å². The molecule has 2 rings (SSSR count). The number of nitrogens with zero attached hydrogens (tertiary/aromatic N) is 2. The SMILES string of the molecule is CC(NC(=O)C1(C#N)CCCC1)C(=O)N1CCCC1. The molecule has 1 saturated heterocycles. The van der Waals surface area contributed by atoms with Gasteiger partial charge in [0.25, 0.3) is 0 Å². The Morgan fingerprint density at radius 3 is 2.32 bits per heavy atom. The first kappa shape index (κ1) is 13.9. The molecule has 0 bridgehead atoms. The van der Waals surface area contributed by atoms with Crippen molar-refractivity contribution in [3.63, 3.8) is 0 Å². The van der Waals surface area contributed by atoms with Crippen LogP contribution in [0.1, 0.15) is 45.4 Å². The van der Waals surface area contributed by atoms with E-state index in [2.05, 4.69) is 11.4 Å². The van der Waals surface area contributed by atoms with Gasteiger partial charge in [0, 0.05) is 13.1 Å². The van der Waals surface area contributed by atoms with Crippen LogP contribution in [0.3, 0.4) is 0 Å². The van der Waals surface area contributed by atoms with Gasteiger partial charge >= 0.3 is 0 Å². The molecule has 0 radical (unpaired) electrons. The lowest BCUT2D eigenvalue weighted by molar-refractivity contribution is -0.137. The van der Waals surface area contributed by atoms with E-state index in [0.29, 0.717) is 12.8 Å². The first-order chi connectivity index (χ1) is 9.09. The number of rotatable bonds is 3. The molecule has 1 aliphatic heterocycles. The summed E-state index contributed by atoms with van der Waals surface area (Å²) in [6.07, 6.45) is 5.12. The average molecular weight is 263 g/mol. The van der Waals surface area contributed by atoms with E-state index in [1.165, 1.54) is 0 Å². The normalized spacial score (nSPS) is 22.8. The van der Waals surface area contributed by atoms with Gasteiger partial charge in [0.1, 0.15) is 11.5 Å². The predicted octanol–water partition coefficient (Wildman–Crippen LogP) is 1.20. The van der Waals surface area contributed by atoms with E-state index in [-0.39, 0.29) is 11.8 Å². The summed E-state index contributed by atoms with van der Waals surface area (Å²) in [6, 6.07) is 1.62. The van der Waals surface area contributed by atoms with Crippen LogP contribution in [0.25, 0.3) is 0 Å². The molecular weight excluding hydrogens is 242 g/mol. The van der Waals surface area contributed by atoms with Crippen LogP contribution < -0.4 is 5.32 Å². The highest BCUT2D eigenvalue weighted by atomic mass is 16.2. The Bertz CT molecular complexity index is 401. The van der Waals surface area contributed by atoms with Crippen molar-refractivity contribution in [1.82, 2.24) is 10.2 Å². The van der Waals surface area contributed by atoms with Gasteiger partial charge < -0.3 is 10.2 Å². The Morgan fingerprint density at radius 2 is 1.79 bits per heavy atom. The smallest absolute Gasteiger partial charge is 0.244 e. The van der Waals surface area contributed by atoms with Crippen molar-refractivity contribution in [2.45, 2.75) is 51.5 Å². The van der Waals surface area contributed by atoms with Gasteiger partial charge in [-0.05, 0) is 32.6 Å². The molecule has 5 heteroatoms. The highest BCUT2D eigenvalue weighted by molar-refractivity contribution is 5.91. The number of hydrogen-bond acceptors (Lipinski definition) is 3.